The third-order valence-corrected chi connectivity index (χ3v) is 6.20. The van der Waals surface area contributed by atoms with Crippen LogP contribution in [0.3, 0.4) is 0 Å². The van der Waals surface area contributed by atoms with Crippen molar-refractivity contribution in [1.29, 1.82) is 0 Å². The average Bonchev–Trinajstić information content (AvgIpc) is 3.26. The van der Waals surface area contributed by atoms with Crippen molar-refractivity contribution in [3.05, 3.63) is 82.4 Å². The van der Waals surface area contributed by atoms with Gasteiger partial charge in [-0.05, 0) is 61.1 Å². The maximum atomic E-state index is 12.7. The summed E-state index contributed by atoms with van der Waals surface area (Å²) < 4.78 is 5.13. The molecular formula is C28H30ClN3O3. The van der Waals surface area contributed by atoms with Gasteiger partial charge in [0.2, 0.25) is 5.91 Å². The third-order valence-electron chi connectivity index (χ3n) is 5.96. The highest BCUT2D eigenvalue weighted by atomic mass is 35.5. The molecule has 0 spiro atoms. The molecular weight excluding hydrogens is 462 g/mol. The van der Waals surface area contributed by atoms with E-state index >= 15 is 0 Å². The molecule has 0 aliphatic heterocycles. The van der Waals surface area contributed by atoms with E-state index in [9.17, 15) is 9.59 Å². The number of esters is 1. The molecule has 1 heterocycles. The lowest BCUT2D eigenvalue weighted by molar-refractivity contribution is -0.143. The molecule has 1 amide bonds. The Kier molecular flexibility index (Phi) is 8.37. The standard InChI is InChI=1S/C28H30ClN3O3/c1-2-35-28(34)18-23(16-19-10-12-20(13-11-19)21-6-5-7-22(29)17-21)30-27(33)15-14-26-31-24-8-3-4-9-25(24)32-26/h3,5-8,10-13,17,23H,2,4,9,14-16,18H2,1H3,(H,30,33)(H,31,32). The number of ether oxygens (including phenoxy) is 1. The van der Waals surface area contributed by atoms with Crippen molar-refractivity contribution in [2.45, 2.75) is 51.5 Å². The molecule has 2 N–H and O–H groups in total. The molecule has 1 atom stereocenters. The highest BCUT2D eigenvalue weighted by molar-refractivity contribution is 6.30. The highest BCUT2D eigenvalue weighted by Gasteiger charge is 2.19. The normalized spacial score (nSPS) is 13.2. The van der Waals surface area contributed by atoms with Gasteiger partial charge < -0.3 is 15.0 Å². The number of imidazole rings is 1. The number of benzene rings is 2. The van der Waals surface area contributed by atoms with Crippen LogP contribution >= 0.6 is 11.6 Å². The van der Waals surface area contributed by atoms with Gasteiger partial charge in [-0.1, -0.05) is 54.1 Å². The van der Waals surface area contributed by atoms with Crippen molar-refractivity contribution >= 4 is 29.6 Å². The smallest absolute Gasteiger partial charge is 0.307 e. The highest BCUT2D eigenvalue weighted by Crippen LogP contribution is 2.23. The van der Waals surface area contributed by atoms with E-state index in [4.69, 9.17) is 16.3 Å². The number of nitrogens with zero attached hydrogens (tertiary/aromatic N) is 1. The zero-order valence-corrected chi connectivity index (χ0v) is 20.6. The van der Waals surface area contributed by atoms with E-state index in [2.05, 4.69) is 21.4 Å². The summed E-state index contributed by atoms with van der Waals surface area (Å²) in [5.74, 6) is 0.383. The Morgan fingerprint density at radius 3 is 2.74 bits per heavy atom. The summed E-state index contributed by atoms with van der Waals surface area (Å²) in [7, 11) is 0. The minimum atomic E-state index is -0.355. The minimum absolute atomic E-state index is 0.111. The lowest BCUT2D eigenvalue weighted by atomic mass is 9.99. The summed E-state index contributed by atoms with van der Waals surface area (Å²) >= 11 is 6.12. The molecule has 3 aromatic rings. The first kappa shape index (κ1) is 24.7. The molecule has 6 nitrogen and oxygen atoms in total. The van der Waals surface area contributed by atoms with E-state index in [0.29, 0.717) is 30.9 Å². The van der Waals surface area contributed by atoms with E-state index < -0.39 is 0 Å². The summed E-state index contributed by atoms with van der Waals surface area (Å²) in [6, 6.07) is 15.4. The second-order valence-corrected chi connectivity index (χ2v) is 9.11. The quantitative estimate of drug-likeness (QED) is 0.377. The van der Waals surface area contributed by atoms with E-state index in [0.717, 1.165) is 46.7 Å². The first-order chi connectivity index (χ1) is 17.0. The number of aromatic nitrogens is 2. The molecule has 1 unspecified atom stereocenters. The van der Waals surface area contributed by atoms with Crippen LogP contribution in [-0.2, 0) is 33.6 Å². The van der Waals surface area contributed by atoms with Gasteiger partial charge in [-0.2, -0.15) is 0 Å². The maximum absolute atomic E-state index is 12.7. The topological polar surface area (TPSA) is 84.1 Å². The number of fused-ring (bicyclic) bond motifs is 1. The average molecular weight is 492 g/mol. The lowest BCUT2D eigenvalue weighted by Gasteiger charge is -2.18. The van der Waals surface area contributed by atoms with Gasteiger partial charge in [0.1, 0.15) is 5.82 Å². The van der Waals surface area contributed by atoms with Crippen molar-refractivity contribution in [1.82, 2.24) is 15.3 Å². The van der Waals surface area contributed by atoms with Gasteiger partial charge in [0.25, 0.3) is 0 Å². The van der Waals surface area contributed by atoms with Crippen molar-refractivity contribution in [2.24, 2.45) is 0 Å². The van der Waals surface area contributed by atoms with Crippen molar-refractivity contribution in [2.75, 3.05) is 6.61 Å². The monoisotopic (exact) mass is 491 g/mol. The Balaban J connectivity index is 1.37. The van der Waals surface area contributed by atoms with E-state index in [-0.39, 0.29) is 24.3 Å². The number of nitrogens with one attached hydrogen (secondary N) is 2. The number of carbonyl (C=O) groups is 2. The molecule has 7 heteroatoms. The molecule has 0 saturated carbocycles. The van der Waals surface area contributed by atoms with Gasteiger partial charge in [0.15, 0.2) is 0 Å². The maximum Gasteiger partial charge on any atom is 0.307 e. The predicted octanol–water partition coefficient (Wildman–Crippen LogP) is 5.30. The summed E-state index contributed by atoms with van der Waals surface area (Å²) in [5.41, 5.74) is 5.21. The first-order valence-corrected chi connectivity index (χ1v) is 12.4. The van der Waals surface area contributed by atoms with Crippen LogP contribution in [0.4, 0.5) is 0 Å². The summed E-state index contributed by atoms with van der Waals surface area (Å²) in [4.78, 5) is 32.8. The number of H-pyrrole nitrogens is 1. The van der Waals surface area contributed by atoms with Crippen LogP contribution in [0.25, 0.3) is 17.2 Å². The van der Waals surface area contributed by atoms with Crippen LogP contribution in [0.1, 0.15) is 49.0 Å². The summed E-state index contributed by atoms with van der Waals surface area (Å²) in [5, 5.41) is 3.72. The second-order valence-electron chi connectivity index (χ2n) is 8.67. The third kappa shape index (κ3) is 7.06. The van der Waals surface area contributed by atoms with Gasteiger partial charge in [-0.15, -0.1) is 0 Å². The molecule has 182 valence electrons. The van der Waals surface area contributed by atoms with Crippen molar-refractivity contribution < 1.29 is 14.3 Å². The Hall–Kier alpha value is -3.38. The van der Waals surface area contributed by atoms with Gasteiger partial charge in [0.05, 0.1) is 18.7 Å². The largest absolute Gasteiger partial charge is 0.466 e. The Morgan fingerprint density at radius 2 is 2.00 bits per heavy atom. The number of rotatable bonds is 10. The van der Waals surface area contributed by atoms with Crippen molar-refractivity contribution in [3.8, 4) is 11.1 Å². The molecule has 4 rings (SSSR count). The molecule has 0 saturated heterocycles. The van der Waals surface area contributed by atoms with Crippen molar-refractivity contribution in [3.63, 3.8) is 0 Å². The fourth-order valence-electron chi connectivity index (χ4n) is 4.26. The van der Waals surface area contributed by atoms with E-state index in [1.54, 1.807) is 6.92 Å². The number of aromatic amines is 1. The number of aryl methyl sites for hydroxylation is 2. The number of carbonyl (C=O) groups excluding carboxylic acids is 2. The summed E-state index contributed by atoms with van der Waals surface area (Å²) in [6.07, 6.45) is 7.55. The Morgan fingerprint density at radius 1 is 1.17 bits per heavy atom. The number of allylic oxidation sites excluding steroid dienone is 1. The van der Waals surface area contributed by atoms with Crippen LogP contribution in [0.2, 0.25) is 5.02 Å². The first-order valence-electron chi connectivity index (χ1n) is 12.0. The predicted molar refractivity (Wildman–Crippen MR) is 138 cm³/mol. The van der Waals surface area contributed by atoms with Gasteiger partial charge >= 0.3 is 5.97 Å². The molecule has 2 aromatic carbocycles. The molecule has 1 aliphatic carbocycles. The van der Waals surface area contributed by atoms with Crippen LogP contribution < -0.4 is 5.32 Å². The molecule has 0 bridgehead atoms. The summed E-state index contributed by atoms with van der Waals surface area (Å²) in [6.45, 7) is 2.09. The van der Waals surface area contributed by atoms with E-state index in [1.807, 2.05) is 54.6 Å². The minimum Gasteiger partial charge on any atom is -0.466 e. The van der Waals surface area contributed by atoms with Gasteiger partial charge in [-0.3, -0.25) is 9.59 Å². The Bertz CT molecular complexity index is 1200. The molecule has 0 fully saturated rings. The number of halogens is 1. The lowest BCUT2D eigenvalue weighted by Crippen LogP contribution is -2.38. The van der Waals surface area contributed by atoms with Gasteiger partial charge in [0, 0.05) is 29.6 Å². The number of amides is 1. The van der Waals surface area contributed by atoms with Gasteiger partial charge in [-0.25, -0.2) is 4.98 Å². The number of hydrogen-bond acceptors (Lipinski definition) is 4. The van der Waals surface area contributed by atoms with Crippen LogP contribution in [0, 0.1) is 0 Å². The SMILES string of the molecule is CCOC(=O)CC(Cc1ccc(-c2cccc(Cl)c2)cc1)NC(=O)CCc1nc2c([nH]1)CCC=C2. The van der Waals surface area contributed by atoms with Crippen LogP contribution in [0.5, 0.6) is 0 Å². The Labute approximate surface area is 210 Å². The zero-order valence-electron chi connectivity index (χ0n) is 19.9. The molecule has 1 aliphatic rings. The number of hydrogen-bond donors (Lipinski definition) is 2. The van der Waals surface area contributed by atoms with Crippen LogP contribution in [-0.4, -0.2) is 34.5 Å². The molecule has 1 aromatic heterocycles. The fraction of sp³-hybridized carbons (Fsp3) is 0.321. The molecule has 35 heavy (non-hydrogen) atoms. The zero-order chi connectivity index (χ0) is 24.6. The molecule has 0 radical (unpaired) electrons. The second kappa shape index (κ2) is 11.8. The fourth-order valence-corrected chi connectivity index (χ4v) is 4.45. The van der Waals surface area contributed by atoms with E-state index in [1.165, 1.54) is 0 Å². The van der Waals surface area contributed by atoms with Crippen LogP contribution in [0.15, 0.2) is 54.6 Å².